The Hall–Kier alpha value is -2.20. The molecule has 2 rings (SSSR count). The van der Waals surface area contributed by atoms with Crippen molar-refractivity contribution in [3.63, 3.8) is 0 Å². The fourth-order valence-electron chi connectivity index (χ4n) is 1.03. The zero-order valence-corrected chi connectivity index (χ0v) is 14.6. The zero-order valence-electron chi connectivity index (χ0n) is 12.4. The Bertz CT molecular complexity index is 605. The van der Waals surface area contributed by atoms with Crippen LogP contribution in [-0.4, -0.2) is 39.5 Å². The molecule has 0 aliphatic heterocycles. The number of aliphatic carboxylic acids is 2. The summed E-state index contributed by atoms with van der Waals surface area (Å²) in [4.78, 5) is 21.8. The van der Waals surface area contributed by atoms with Gasteiger partial charge in [-0.2, -0.15) is 26.3 Å². The van der Waals surface area contributed by atoms with E-state index < -0.39 is 24.3 Å². The number of hydrogen-bond acceptors (Lipinski definition) is 4. The number of alkyl halides is 6. The number of fused-ring (bicyclic) bond motifs is 1. The molecule has 0 unspecified atom stereocenters. The summed E-state index contributed by atoms with van der Waals surface area (Å²) in [6.45, 7) is 0. The molecule has 2 aromatic rings. The van der Waals surface area contributed by atoms with Crippen molar-refractivity contribution in [2.75, 3.05) is 0 Å². The van der Waals surface area contributed by atoms with E-state index in [0.717, 1.165) is 0 Å². The van der Waals surface area contributed by atoms with E-state index in [9.17, 15) is 26.3 Å². The fourth-order valence-corrected chi connectivity index (χ4v) is 1.03. The molecule has 1 aromatic carbocycles. The monoisotopic (exact) mass is 568 g/mol. The van der Waals surface area contributed by atoms with Crippen molar-refractivity contribution < 1.29 is 66.2 Å². The topological polar surface area (TPSA) is 114 Å². The third kappa shape index (κ3) is 12.2. The molecule has 6 nitrogen and oxygen atoms in total. The number of nitrogens with zero attached hydrogens (tertiary/aromatic N) is 1. The first kappa shape index (κ1) is 26.0. The average Bonchev–Trinajstić information content (AvgIpc) is 2.56. The van der Waals surface area contributed by atoms with Crippen LogP contribution in [0.4, 0.5) is 26.3 Å². The third-order valence-corrected chi connectivity index (χ3v) is 2.03. The Morgan fingerprint density at radius 2 is 1.19 bits per heavy atom. The van der Waals surface area contributed by atoms with Crippen molar-refractivity contribution in [3.8, 4) is 0 Å². The molecular weight excluding hydrogens is 557 g/mol. The number of rotatable bonds is 0. The molecule has 4 N–H and O–H groups in total. The smallest absolute Gasteiger partial charge is 0.0346 e. The first-order valence-electron chi connectivity index (χ1n) is 5.93. The normalized spacial score (nSPS) is 10.2. The van der Waals surface area contributed by atoms with Gasteiger partial charge in [-0.15, -0.1) is 0 Å². The maximum atomic E-state index is 10.6. The number of carboxylic acid groups (broad SMARTS) is 2. The summed E-state index contributed by atoms with van der Waals surface area (Å²) < 4.78 is 67.9. The van der Waals surface area contributed by atoms with Crippen LogP contribution >= 0.6 is 0 Å². The molecule has 0 aliphatic carbocycles. The van der Waals surface area contributed by atoms with E-state index in [4.69, 9.17) is 19.8 Å². The van der Waals surface area contributed by atoms with E-state index in [1.165, 1.54) is 10.8 Å². The Labute approximate surface area is 153 Å². The van der Waals surface area contributed by atoms with Crippen LogP contribution < -0.4 is 4.29 Å². The van der Waals surface area contributed by atoms with E-state index in [-0.39, 0.29) is 0 Å². The number of nitrogens with two attached hydrogens (primary N) is 1. The van der Waals surface area contributed by atoms with Crippen LogP contribution in [-0.2, 0) is 29.7 Å². The second-order valence-corrected chi connectivity index (χ2v) is 3.83. The molecule has 0 radical (unpaired) electrons. The van der Waals surface area contributed by atoms with Crippen LogP contribution in [0.2, 0.25) is 0 Å². The van der Waals surface area contributed by atoms with Gasteiger partial charge in [-0.05, 0) is 16.8 Å². The van der Waals surface area contributed by atoms with Crippen molar-refractivity contribution in [1.29, 1.82) is 0 Å². The Balaban J connectivity index is 0. The van der Waals surface area contributed by atoms with Gasteiger partial charge in [-0.3, -0.25) is 4.98 Å². The predicted octanol–water partition coefficient (Wildman–Crippen LogP) is 2.91. The van der Waals surface area contributed by atoms with Crippen LogP contribution in [0, 0.1) is 0 Å². The Kier molecular flexibility index (Phi) is 12.2. The zero-order chi connectivity index (χ0) is 21.0. The summed E-state index contributed by atoms with van der Waals surface area (Å²) in [5.41, 5.74) is 0. The predicted molar refractivity (Wildman–Crippen MR) is 73.3 cm³/mol. The second kappa shape index (κ2) is 12.2. The van der Waals surface area contributed by atoms with Gasteiger partial charge in [0.15, 0.2) is 0 Å². The third-order valence-electron chi connectivity index (χ3n) is 2.03. The van der Waals surface area contributed by atoms with Gasteiger partial charge in [-0.1, -0.05) is 24.3 Å². The second-order valence-electron chi connectivity index (χ2n) is 3.83. The largest absolute Gasteiger partial charge is 0.264 e. The van der Waals surface area contributed by atoms with Gasteiger partial charge in [0, 0.05) is 12.4 Å². The van der Waals surface area contributed by atoms with Crippen molar-refractivity contribution in [3.05, 3.63) is 42.7 Å². The van der Waals surface area contributed by atoms with Gasteiger partial charge in [0.2, 0.25) is 0 Å². The number of hydrogen-bond donors (Lipinski definition) is 3. The number of carboxylic acids is 2. The first-order chi connectivity index (χ1) is 11.9. The Morgan fingerprint density at radius 1 is 0.846 bits per heavy atom. The maximum absolute atomic E-state index is 10.6. The molecule has 0 saturated heterocycles. The Morgan fingerprint density at radius 3 is 1.50 bits per heavy atom. The molecular formula is C13H11F6N2O4Pt. The van der Waals surface area contributed by atoms with Gasteiger partial charge >= 0.3 is 48.6 Å². The molecule has 1 heterocycles. The fraction of sp³-hybridized carbons (Fsp3) is 0.154. The van der Waals surface area contributed by atoms with Crippen LogP contribution in [0.25, 0.3) is 10.8 Å². The van der Waals surface area contributed by atoms with Crippen LogP contribution in [0.5, 0.6) is 0 Å². The molecule has 0 aliphatic rings. The van der Waals surface area contributed by atoms with Crippen LogP contribution in [0.15, 0.2) is 42.7 Å². The molecule has 0 bridgehead atoms. The van der Waals surface area contributed by atoms with E-state index in [0.29, 0.717) is 0 Å². The van der Waals surface area contributed by atoms with Gasteiger partial charge in [0.1, 0.15) is 0 Å². The summed E-state index contributed by atoms with van der Waals surface area (Å²) >= 11 is 1.64. The van der Waals surface area contributed by atoms with Gasteiger partial charge in [0.25, 0.3) is 0 Å². The van der Waals surface area contributed by atoms with Gasteiger partial charge in [0.05, 0.1) is 0 Å². The summed E-state index contributed by atoms with van der Waals surface area (Å²) in [7, 11) is 0. The van der Waals surface area contributed by atoms with Crippen LogP contribution in [0.3, 0.4) is 0 Å². The molecule has 0 saturated carbocycles. The minimum atomic E-state index is -5.08. The van der Waals surface area contributed by atoms with Gasteiger partial charge in [-0.25, -0.2) is 9.59 Å². The van der Waals surface area contributed by atoms with Crippen molar-refractivity contribution in [2.45, 2.75) is 12.4 Å². The van der Waals surface area contributed by atoms with Crippen LogP contribution in [0.1, 0.15) is 0 Å². The summed E-state index contributed by atoms with van der Waals surface area (Å²) in [5.74, 6) is -5.51. The molecule has 0 fully saturated rings. The maximum Gasteiger partial charge on any atom is 0.0346 e. The van der Waals surface area contributed by atoms with Crippen molar-refractivity contribution in [2.24, 2.45) is 4.29 Å². The molecule has 26 heavy (non-hydrogen) atoms. The minimum absolute atomic E-state index is 1.20. The van der Waals surface area contributed by atoms with E-state index in [1.807, 2.05) is 30.6 Å². The SMILES string of the molecule is O=C(O)C(F)(F)F.O=C(O)C(F)(F)F.[NH2][Pt].c1ccc2cnccc2c1. The van der Waals surface area contributed by atoms with E-state index in [1.54, 1.807) is 20.1 Å². The number of benzene rings is 1. The molecule has 13 heteroatoms. The van der Waals surface area contributed by atoms with E-state index >= 15 is 0 Å². The van der Waals surface area contributed by atoms with Crippen molar-refractivity contribution in [1.82, 2.24) is 4.98 Å². The number of carbonyl (C=O) groups is 2. The van der Waals surface area contributed by atoms with E-state index in [2.05, 4.69) is 21.4 Å². The first-order valence-corrected chi connectivity index (χ1v) is 7.24. The molecule has 0 spiro atoms. The summed E-state index contributed by atoms with van der Waals surface area (Å²) in [5, 5.41) is 16.7. The quantitative estimate of drug-likeness (QED) is 0.422. The molecule has 1 aromatic heterocycles. The molecule has 149 valence electrons. The number of halogens is 6. The average molecular weight is 568 g/mol. The van der Waals surface area contributed by atoms with Gasteiger partial charge < -0.3 is 10.2 Å². The number of aromatic nitrogens is 1. The summed E-state index contributed by atoms with van der Waals surface area (Å²) in [6, 6.07) is 10.2. The molecule has 0 atom stereocenters. The molecule has 0 amide bonds. The number of pyridine rings is 1. The standard InChI is InChI=1S/C9H7N.2C2HF3O2.H2N.Pt/c1-2-4-9-7-10-6-5-8(9)3-1;2*3-2(4,5)1(6)7;;/h1-7H;2*(H,6,7);1H2;/q;;;-1;+1. The summed E-state index contributed by atoms with van der Waals surface area (Å²) in [6.07, 6.45) is -6.49. The van der Waals surface area contributed by atoms with Crippen molar-refractivity contribution >= 4 is 22.7 Å². The minimum Gasteiger partial charge on any atom is -0.264 e.